The van der Waals surface area contributed by atoms with Crippen LogP contribution in [0.25, 0.3) is 28.1 Å². The highest BCUT2D eigenvalue weighted by molar-refractivity contribution is 7.13. The molecule has 1 aliphatic rings. The lowest BCUT2D eigenvalue weighted by Crippen LogP contribution is -2.20. The third kappa shape index (κ3) is 5.04. The molecule has 38 heavy (non-hydrogen) atoms. The zero-order valence-electron chi connectivity index (χ0n) is 21.6. The molecule has 1 fully saturated rings. The van der Waals surface area contributed by atoms with Crippen LogP contribution in [0.2, 0.25) is 0 Å². The van der Waals surface area contributed by atoms with E-state index >= 15 is 0 Å². The van der Waals surface area contributed by atoms with Crippen molar-refractivity contribution in [3.63, 3.8) is 0 Å². The molecule has 1 saturated heterocycles. The van der Waals surface area contributed by atoms with E-state index < -0.39 is 0 Å². The monoisotopic (exact) mass is 530 g/mol. The average molecular weight is 531 g/mol. The van der Waals surface area contributed by atoms with Crippen LogP contribution in [0.1, 0.15) is 30.7 Å². The zero-order chi connectivity index (χ0) is 26.1. The van der Waals surface area contributed by atoms with Gasteiger partial charge in [-0.15, -0.1) is 11.3 Å². The second-order valence-electron chi connectivity index (χ2n) is 9.42. The Bertz CT molecular complexity index is 1600. The summed E-state index contributed by atoms with van der Waals surface area (Å²) >= 11 is 1.59. The van der Waals surface area contributed by atoms with Gasteiger partial charge < -0.3 is 24.1 Å². The van der Waals surface area contributed by atoms with Gasteiger partial charge in [0.25, 0.3) is 0 Å². The topological polar surface area (TPSA) is 90.0 Å². The third-order valence-corrected chi connectivity index (χ3v) is 7.51. The molecule has 1 N–H and O–H groups in total. The van der Waals surface area contributed by atoms with Gasteiger partial charge in [0, 0.05) is 42.8 Å². The number of thiazole rings is 1. The lowest BCUT2D eigenvalue weighted by atomic mass is 10.2. The van der Waals surface area contributed by atoms with E-state index in [9.17, 15) is 0 Å². The summed E-state index contributed by atoms with van der Waals surface area (Å²) in [6.07, 6.45) is 5.26. The highest BCUT2D eigenvalue weighted by Gasteiger charge is 2.17. The number of furan rings is 1. The molecule has 1 aliphatic heterocycles. The number of hydrogen-bond acceptors (Lipinski definition) is 9. The van der Waals surface area contributed by atoms with Crippen LogP contribution in [0, 0.1) is 6.92 Å². The smallest absolute Gasteiger partial charge is 0.182 e. The largest absolute Gasteiger partial charge is 0.496 e. The molecule has 0 atom stereocenters. The lowest BCUT2D eigenvalue weighted by Gasteiger charge is -2.18. The van der Waals surface area contributed by atoms with E-state index in [2.05, 4.69) is 26.9 Å². The maximum absolute atomic E-state index is 6.21. The van der Waals surface area contributed by atoms with Gasteiger partial charge >= 0.3 is 0 Å². The summed E-state index contributed by atoms with van der Waals surface area (Å²) in [7, 11) is 1.63. The maximum Gasteiger partial charge on any atom is 0.182 e. The van der Waals surface area contributed by atoms with Crippen molar-refractivity contribution >= 4 is 33.1 Å². The molecule has 9 nitrogen and oxygen atoms in total. The zero-order valence-corrected chi connectivity index (χ0v) is 22.4. The van der Waals surface area contributed by atoms with Gasteiger partial charge in [-0.25, -0.2) is 14.5 Å². The number of hydrogen-bond donors (Lipinski definition) is 1. The van der Waals surface area contributed by atoms with Gasteiger partial charge in [0.05, 0.1) is 30.1 Å². The Kier molecular flexibility index (Phi) is 6.63. The molecular formula is C28H30N6O3S. The van der Waals surface area contributed by atoms with Crippen molar-refractivity contribution in [3.8, 4) is 23.0 Å². The number of ether oxygens (including phenoxy) is 2. The quantitative estimate of drug-likeness (QED) is 0.223. The van der Waals surface area contributed by atoms with Crippen LogP contribution in [-0.2, 0) is 6.61 Å². The fourth-order valence-corrected chi connectivity index (χ4v) is 5.40. The Balaban J connectivity index is 1.14. The van der Waals surface area contributed by atoms with Gasteiger partial charge in [-0.05, 0) is 44.4 Å². The second-order valence-corrected chi connectivity index (χ2v) is 10.3. The lowest BCUT2D eigenvalue weighted by molar-refractivity contribution is 0.303. The Morgan fingerprint density at radius 1 is 1.21 bits per heavy atom. The normalized spacial score (nSPS) is 13.6. The highest BCUT2D eigenvalue weighted by atomic mass is 32.1. The van der Waals surface area contributed by atoms with Gasteiger partial charge in [-0.1, -0.05) is 6.58 Å². The molecule has 0 amide bonds. The van der Waals surface area contributed by atoms with E-state index in [0.29, 0.717) is 35.1 Å². The van der Waals surface area contributed by atoms with Gasteiger partial charge in [0.1, 0.15) is 29.4 Å². The minimum atomic E-state index is 0.339. The van der Waals surface area contributed by atoms with Crippen LogP contribution in [0.4, 0.5) is 5.13 Å². The van der Waals surface area contributed by atoms with Crippen LogP contribution in [0.5, 0.6) is 11.5 Å². The summed E-state index contributed by atoms with van der Waals surface area (Å²) < 4.78 is 19.6. The average Bonchev–Trinajstić information content (AvgIpc) is 3.71. The first-order chi connectivity index (χ1) is 18.6. The minimum Gasteiger partial charge on any atom is -0.496 e. The number of benzene rings is 1. The van der Waals surface area contributed by atoms with Crippen molar-refractivity contribution in [2.45, 2.75) is 32.8 Å². The molecule has 0 saturated carbocycles. The molecule has 196 valence electrons. The summed E-state index contributed by atoms with van der Waals surface area (Å²) in [4.78, 5) is 11.7. The number of imidazole rings is 1. The summed E-state index contributed by atoms with van der Waals surface area (Å²) in [5.74, 6) is 1.96. The van der Waals surface area contributed by atoms with Crippen molar-refractivity contribution < 1.29 is 13.9 Å². The fourth-order valence-electron chi connectivity index (χ4n) is 4.67. The number of allylic oxidation sites excluding steroid dienone is 1. The van der Waals surface area contributed by atoms with E-state index in [0.717, 1.165) is 60.0 Å². The summed E-state index contributed by atoms with van der Waals surface area (Å²) in [5.41, 5.74) is 5.17. The van der Waals surface area contributed by atoms with Crippen LogP contribution in [0.15, 0.2) is 58.6 Å². The van der Waals surface area contributed by atoms with Gasteiger partial charge in [-0.3, -0.25) is 0 Å². The van der Waals surface area contributed by atoms with Crippen LogP contribution in [-0.4, -0.2) is 51.2 Å². The van der Waals surface area contributed by atoms with Crippen LogP contribution in [0.3, 0.4) is 0 Å². The van der Waals surface area contributed by atoms with Gasteiger partial charge in [0.2, 0.25) is 0 Å². The number of fused-ring (bicyclic) bond motifs is 2. The van der Waals surface area contributed by atoms with E-state index in [1.54, 1.807) is 23.0 Å². The molecule has 0 unspecified atom stereocenters. The summed E-state index contributed by atoms with van der Waals surface area (Å²) in [5, 5.41) is 11.7. The standard InChI is InChI=1S/C28H30N6O3S/c1-18-7-8-27-31-23(15-34(27)32-18)26-14-22-24(12-21(35-3)13-25(22)37-26)36-16-20-17-38-28(30-20)29-9-5-11-33-10-4-6-19(33)2/h7-8,12-15,17H,2,4-6,9-11,16H2,1,3H3,(H,29,30). The predicted octanol–water partition coefficient (Wildman–Crippen LogP) is 5.91. The number of nitrogens with zero attached hydrogens (tertiary/aromatic N) is 5. The number of likely N-dealkylation sites (tertiary alicyclic amines) is 1. The number of anilines is 1. The SMILES string of the molecule is C=C1CCCN1CCCNc1nc(COc2cc(OC)cc3oc(-c4cn5nc(C)ccc5n4)cc23)cs1. The second kappa shape index (κ2) is 10.4. The molecule has 0 radical (unpaired) electrons. The third-order valence-electron chi connectivity index (χ3n) is 6.66. The Labute approximate surface area is 224 Å². The summed E-state index contributed by atoms with van der Waals surface area (Å²) in [6, 6.07) is 9.54. The molecule has 4 aromatic heterocycles. The van der Waals surface area contributed by atoms with E-state index in [1.165, 1.54) is 12.1 Å². The Hall–Kier alpha value is -4.05. The first-order valence-electron chi connectivity index (χ1n) is 12.7. The molecule has 0 aliphatic carbocycles. The molecule has 6 rings (SSSR count). The van der Waals surface area contributed by atoms with E-state index in [1.807, 2.05) is 48.8 Å². The Morgan fingerprint density at radius 3 is 2.97 bits per heavy atom. The van der Waals surface area contributed by atoms with Gasteiger partial charge in [-0.2, -0.15) is 5.10 Å². The molecule has 5 aromatic rings. The van der Waals surface area contributed by atoms with Crippen LogP contribution < -0.4 is 14.8 Å². The van der Waals surface area contributed by atoms with Crippen molar-refractivity contribution in [1.82, 2.24) is 24.5 Å². The van der Waals surface area contributed by atoms with E-state index in [4.69, 9.17) is 18.9 Å². The summed E-state index contributed by atoms with van der Waals surface area (Å²) in [6.45, 7) is 9.47. The molecule has 10 heteroatoms. The first-order valence-corrected chi connectivity index (χ1v) is 13.6. The molecule has 1 aromatic carbocycles. The maximum atomic E-state index is 6.21. The van der Waals surface area contributed by atoms with Crippen molar-refractivity contribution in [1.29, 1.82) is 0 Å². The van der Waals surface area contributed by atoms with Crippen molar-refractivity contribution in [2.24, 2.45) is 0 Å². The minimum absolute atomic E-state index is 0.339. The van der Waals surface area contributed by atoms with Crippen molar-refractivity contribution in [3.05, 3.63) is 65.6 Å². The number of aryl methyl sites for hydroxylation is 1. The molecule has 0 bridgehead atoms. The highest BCUT2D eigenvalue weighted by Crippen LogP contribution is 2.37. The number of nitrogens with one attached hydrogen (secondary N) is 1. The van der Waals surface area contributed by atoms with Crippen molar-refractivity contribution in [2.75, 3.05) is 32.1 Å². The molecule has 0 spiro atoms. The number of methoxy groups -OCH3 is 1. The fraction of sp³-hybridized carbons (Fsp3) is 0.321. The molecule has 5 heterocycles. The van der Waals surface area contributed by atoms with E-state index in [-0.39, 0.29) is 0 Å². The first kappa shape index (κ1) is 24.3. The van der Waals surface area contributed by atoms with Gasteiger partial charge in [0.15, 0.2) is 16.5 Å². The van der Waals surface area contributed by atoms with Crippen LogP contribution >= 0.6 is 11.3 Å². The molecular weight excluding hydrogens is 500 g/mol. The number of aromatic nitrogens is 4. The Morgan fingerprint density at radius 2 is 2.13 bits per heavy atom. The predicted molar refractivity (Wildman–Crippen MR) is 149 cm³/mol. The number of rotatable bonds is 10.